The van der Waals surface area contributed by atoms with Crippen molar-refractivity contribution in [2.75, 3.05) is 32.1 Å². The first-order valence-electron chi connectivity index (χ1n) is 12.2. The SMILES string of the molecule is COc1ccc(C(=O)N(C)Cc2ccccc2N2CCCCC2)cc1S(=O)(=O)NC1CCCC1. The van der Waals surface area contributed by atoms with Crippen LogP contribution in [-0.4, -0.2) is 52.5 Å². The van der Waals surface area contributed by atoms with Gasteiger partial charge in [-0.15, -0.1) is 0 Å². The van der Waals surface area contributed by atoms with E-state index in [0.717, 1.165) is 44.3 Å². The standard InChI is InChI=1S/C26H35N3O4S/c1-28(19-21-10-4-7-13-23(21)29-16-8-3-9-17-29)26(30)20-14-15-24(33-2)25(18-20)34(31,32)27-22-11-5-6-12-22/h4,7,10,13-15,18,22,27H,3,5-6,8-9,11-12,16-17,19H2,1-2H3. The number of sulfonamides is 1. The zero-order valence-electron chi connectivity index (χ0n) is 20.1. The van der Waals surface area contributed by atoms with Crippen LogP contribution in [0.15, 0.2) is 47.4 Å². The maximum Gasteiger partial charge on any atom is 0.253 e. The van der Waals surface area contributed by atoms with Crippen LogP contribution in [0, 0.1) is 0 Å². The molecule has 2 aliphatic rings. The first-order valence-corrected chi connectivity index (χ1v) is 13.7. The van der Waals surface area contributed by atoms with Crippen LogP contribution in [0.1, 0.15) is 60.9 Å². The van der Waals surface area contributed by atoms with Gasteiger partial charge < -0.3 is 14.5 Å². The fourth-order valence-corrected chi connectivity index (χ4v) is 6.48. The molecule has 0 aromatic heterocycles. The summed E-state index contributed by atoms with van der Waals surface area (Å²) >= 11 is 0. The van der Waals surface area contributed by atoms with Crippen molar-refractivity contribution in [1.29, 1.82) is 0 Å². The van der Waals surface area contributed by atoms with Crippen molar-refractivity contribution in [3.05, 3.63) is 53.6 Å². The number of carbonyl (C=O) groups is 1. The highest BCUT2D eigenvalue weighted by atomic mass is 32.2. The number of hydrogen-bond acceptors (Lipinski definition) is 5. The molecule has 4 rings (SSSR count). The summed E-state index contributed by atoms with van der Waals surface area (Å²) in [6, 6.07) is 12.8. The van der Waals surface area contributed by atoms with Gasteiger partial charge in [-0.25, -0.2) is 13.1 Å². The van der Waals surface area contributed by atoms with Gasteiger partial charge in [0, 0.05) is 44.0 Å². The molecule has 1 saturated carbocycles. The molecule has 1 aliphatic carbocycles. The zero-order chi connectivity index (χ0) is 24.1. The van der Waals surface area contributed by atoms with Crippen molar-refractivity contribution < 1.29 is 17.9 Å². The second-order valence-electron chi connectivity index (χ2n) is 9.31. The molecule has 0 spiro atoms. The van der Waals surface area contributed by atoms with Crippen LogP contribution in [0.4, 0.5) is 5.69 Å². The number of methoxy groups -OCH3 is 1. The maximum atomic E-state index is 13.3. The maximum absolute atomic E-state index is 13.3. The van der Waals surface area contributed by atoms with Gasteiger partial charge in [0.15, 0.2) is 0 Å². The Morgan fingerprint density at radius 3 is 2.47 bits per heavy atom. The third-order valence-corrected chi connectivity index (χ3v) is 8.36. The quantitative estimate of drug-likeness (QED) is 0.607. The number of para-hydroxylation sites is 1. The minimum atomic E-state index is -3.80. The Labute approximate surface area is 203 Å². The van der Waals surface area contributed by atoms with Crippen molar-refractivity contribution in [3.8, 4) is 5.75 Å². The van der Waals surface area contributed by atoms with E-state index in [-0.39, 0.29) is 22.6 Å². The minimum absolute atomic E-state index is 0.00914. The average molecular weight is 486 g/mol. The summed E-state index contributed by atoms with van der Waals surface area (Å²) in [6.07, 6.45) is 7.33. The third-order valence-electron chi connectivity index (χ3n) is 6.82. The molecule has 2 aromatic carbocycles. The van der Waals surface area contributed by atoms with Crippen molar-refractivity contribution >= 4 is 21.6 Å². The average Bonchev–Trinajstić information content (AvgIpc) is 3.36. The van der Waals surface area contributed by atoms with Crippen LogP contribution in [0.5, 0.6) is 5.75 Å². The molecule has 0 unspecified atom stereocenters. The van der Waals surface area contributed by atoms with Crippen LogP contribution in [-0.2, 0) is 16.6 Å². The van der Waals surface area contributed by atoms with Crippen LogP contribution in [0.2, 0.25) is 0 Å². The monoisotopic (exact) mass is 485 g/mol. The largest absolute Gasteiger partial charge is 0.495 e. The van der Waals surface area contributed by atoms with E-state index in [9.17, 15) is 13.2 Å². The number of rotatable bonds is 8. The van der Waals surface area contributed by atoms with Gasteiger partial charge >= 0.3 is 0 Å². The van der Waals surface area contributed by atoms with E-state index in [1.165, 1.54) is 38.1 Å². The lowest BCUT2D eigenvalue weighted by Gasteiger charge is -2.31. The number of carbonyl (C=O) groups excluding carboxylic acids is 1. The van der Waals surface area contributed by atoms with Gasteiger partial charge in [-0.1, -0.05) is 31.0 Å². The summed E-state index contributed by atoms with van der Waals surface area (Å²) in [4.78, 5) is 17.4. The lowest BCUT2D eigenvalue weighted by molar-refractivity contribution is 0.0785. The summed E-state index contributed by atoms with van der Waals surface area (Å²) in [5.74, 6) is 0.00793. The number of hydrogen-bond donors (Lipinski definition) is 1. The highest BCUT2D eigenvalue weighted by Gasteiger charge is 2.27. The van der Waals surface area contributed by atoms with Crippen molar-refractivity contribution in [2.45, 2.75) is 62.4 Å². The second-order valence-corrected chi connectivity index (χ2v) is 11.0. The molecule has 34 heavy (non-hydrogen) atoms. The molecule has 1 amide bonds. The van der Waals surface area contributed by atoms with Crippen LogP contribution >= 0.6 is 0 Å². The topological polar surface area (TPSA) is 79.0 Å². The lowest BCUT2D eigenvalue weighted by Crippen LogP contribution is -2.33. The Morgan fingerprint density at radius 2 is 1.76 bits per heavy atom. The fourth-order valence-electron chi connectivity index (χ4n) is 4.98. The van der Waals surface area contributed by atoms with E-state index >= 15 is 0 Å². The van der Waals surface area contributed by atoms with E-state index in [4.69, 9.17) is 4.74 Å². The highest BCUT2D eigenvalue weighted by molar-refractivity contribution is 7.89. The van der Waals surface area contributed by atoms with Crippen molar-refractivity contribution in [1.82, 2.24) is 9.62 Å². The van der Waals surface area contributed by atoms with Crippen LogP contribution in [0.3, 0.4) is 0 Å². The van der Waals surface area contributed by atoms with Crippen LogP contribution in [0.25, 0.3) is 0 Å². The Morgan fingerprint density at radius 1 is 1.06 bits per heavy atom. The summed E-state index contributed by atoms with van der Waals surface area (Å²) < 4.78 is 34.3. The molecule has 0 radical (unpaired) electrons. The van der Waals surface area contributed by atoms with E-state index in [2.05, 4.69) is 21.8 Å². The summed E-state index contributed by atoms with van der Waals surface area (Å²) in [7, 11) is -0.607. The van der Waals surface area contributed by atoms with Gasteiger partial charge in [0.2, 0.25) is 10.0 Å². The zero-order valence-corrected chi connectivity index (χ0v) is 20.9. The molecule has 1 aliphatic heterocycles. The number of amides is 1. The second kappa shape index (κ2) is 10.8. The van der Waals surface area contributed by atoms with Crippen molar-refractivity contribution in [3.63, 3.8) is 0 Å². The molecule has 0 bridgehead atoms. The number of nitrogens with zero attached hydrogens (tertiary/aromatic N) is 2. The molecule has 2 fully saturated rings. The van der Waals surface area contributed by atoms with Gasteiger partial charge in [0.1, 0.15) is 10.6 Å². The highest BCUT2D eigenvalue weighted by Crippen LogP contribution is 2.29. The Hall–Kier alpha value is -2.58. The number of benzene rings is 2. The van der Waals surface area contributed by atoms with Crippen LogP contribution < -0.4 is 14.4 Å². The first kappa shape index (κ1) is 24.5. The summed E-state index contributed by atoms with van der Waals surface area (Å²) in [5.41, 5.74) is 2.58. The molecule has 2 aromatic rings. The van der Waals surface area contributed by atoms with Gasteiger partial charge in [-0.2, -0.15) is 0 Å². The van der Waals surface area contributed by atoms with Gasteiger partial charge in [-0.3, -0.25) is 4.79 Å². The molecule has 7 nitrogen and oxygen atoms in total. The minimum Gasteiger partial charge on any atom is -0.495 e. The predicted octanol–water partition coefficient (Wildman–Crippen LogP) is 4.18. The molecule has 1 N–H and O–H groups in total. The normalized spacial score (nSPS) is 17.1. The molecular weight excluding hydrogens is 450 g/mol. The summed E-state index contributed by atoms with van der Waals surface area (Å²) in [6.45, 7) is 2.50. The Bertz CT molecular complexity index is 1110. The molecule has 0 atom stereocenters. The van der Waals surface area contributed by atoms with E-state index in [1.54, 1.807) is 24.1 Å². The number of nitrogens with one attached hydrogen (secondary N) is 1. The molecule has 184 valence electrons. The Balaban J connectivity index is 1.54. The molecule has 1 heterocycles. The number of anilines is 1. The Kier molecular flexibility index (Phi) is 7.78. The first-order chi connectivity index (χ1) is 16.4. The van der Waals surface area contributed by atoms with Gasteiger partial charge in [0.25, 0.3) is 5.91 Å². The van der Waals surface area contributed by atoms with Gasteiger partial charge in [0.05, 0.1) is 7.11 Å². The predicted molar refractivity (Wildman–Crippen MR) is 134 cm³/mol. The third kappa shape index (κ3) is 5.55. The smallest absolute Gasteiger partial charge is 0.253 e. The van der Waals surface area contributed by atoms with Gasteiger partial charge in [-0.05, 0) is 61.9 Å². The molecule has 8 heteroatoms. The van der Waals surface area contributed by atoms with Crippen molar-refractivity contribution in [2.24, 2.45) is 0 Å². The fraction of sp³-hybridized carbons (Fsp3) is 0.500. The molecular formula is C26H35N3O4S. The molecule has 1 saturated heterocycles. The van der Waals surface area contributed by atoms with E-state index in [1.807, 2.05) is 12.1 Å². The number of ether oxygens (including phenoxy) is 1. The lowest BCUT2D eigenvalue weighted by atomic mass is 10.1. The number of piperidine rings is 1. The van der Waals surface area contributed by atoms with E-state index < -0.39 is 10.0 Å². The summed E-state index contributed by atoms with van der Waals surface area (Å²) in [5, 5.41) is 0. The van der Waals surface area contributed by atoms with E-state index in [0.29, 0.717) is 12.1 Å².